The number of aromatic nitrogens is 3. The normalized spacial score (nSPS) is 10.4. The minimum atomic E-state index is -0.537. The molecule has 0 aliphatic heterocycles. The summed E-state index contributed by atoms with van der Waals surface area (Å²) in [6.45, 7) is 2.12. The third-order valence-electron chi connectivity index (χ3n) is 3.26. The number of nitrogens with zero attached hydrogens (tertiary/aromatic N) is 4. The van der Waals surface area contributed by atoms with E-state index in [1.165, 1.54) is 12.6 Å². The molecule has 2 N–H and O–H groups in total. The van der Waals surface area contributed by atoms with Crippen molar-refractivity contribution < 1.29 is 9.34 Å². The van der Waals surface area contributed by atoms with Crippen LogP contribution in [-0.2, 0) is 6.54 Å². The van der Waals surface area contributed by atoms with Gasteiger partial charge < -0.3 is 15.1 Å². The summed E-state index contributed by atoms with van der Waals surface area (Å²) in [5, 5.41) is 17.3. The summed E-state index contributed by atoms with van der Waals surface area (Å²) in [4.78, 5) is 23.0. The number of aryl methyl sites for hydroxylation is 1. The first-order chi connectivity index (χ1) is 11.6. The lowest BCUT2D eigenvalue weighted by Gasteiger charge is -2.10. The molecule has 0 saturated carbocycles. The van der Waals surface area contributed by atoms with E-state index in [2.05, 4.69) is 25.6 Å². The second kappa shape index (κ2) is 6.73. The van der Waals surface area contributed by atoms with Crippen LogP contribution in [0.2, 0.25) is 0 Å². The fourth-order valence-electron chi connectivity index (χ4n) is 2.09. The lowest BCUT2D eigenvalue weighted by Crippen LogP contribution is -2.08. The van der Waals surface area contributed by atoms with Crippen molar-refractivity contribution >= 4 is 23.1 Å². The standard InChI is InChI=1S/C15H14N6O3/c1-10-4-2-6-16-13(10)20-15-12(21(22)23)14(18-9-19-15)17-8-11-5-3-7-24-11/h2-7,9H,8H2,1H3,(H2,16,17,18,19,20). The first kappa shape index (κ1) is 15.4. The Bertz CT molecular complexity index is 850. The summed E-state index contributed by atoms with van der Waals surface area (Å²) < 4.78 is 5.20. The van der Waals surface area contributed by atoms with E-state index in [1.807, 2.05) is 13.0 Å². The van der Waals surface area contributed by atoms with Crippen LogP contribution in [0.3, 0.4) is 0 Å². The van der Waals surface area contributed by atoms with Gasteiger partial charge in [-0.15, -0.1) is 0 Å². The maximum atomic E-state index is 11.5. The molecule has 0 amide bonds. The van der Waals surface area contributed by atoms with Crippen molar-refractivity contribution in [1.82, 2.24) is 15.0 Å². The molecule has 0 aliphatic rings. The van der Waals surface area contributed by atoms with E-state index in [1.54, 1.807) is 24.4 Å². The van der Waals surface area contributed by atoms with Crippen molar-refractivity contribution in [2.24, 2.45) is 0 Å². The average molecular weight is 326 g/mol. The highest BCUT2D eigenvalue weighted by atomic mass is 16.6. The van der Waals surface area contributed by atoms with E-state index in [0.717, 1.165) is 5.56 Å². The van der Waals surface area contributed by atoms with Crippen molar-refractivity contribution in [2.75, 3.05) is 10.6 Å². The molecule has 0 saturated heterocycles. The van der Waals surface area contributed by atoms with E-state index in [4.69, 9.17) is 4.42 Å². The molecule has 0 aliphatic carbocycles. The highest BCUT2D eigenvalue weighted by Gasteiger charge is 2.23. The lowest BCUT2D eigenvalue weighted by molar-refractivity contribution is -0.383. The van der Waals surface area contributed by atoms with Crippen LogP contribution in [-0.4, -0.2) is 19.9 Å². The summed E-state index contributed by atoms with van der Waals surface area (Å²) in [5.74, 6) is 1.30. The van der Waals surface area contributed by atoms with Crippen molar-refractivity contribution in [3.05, 3.63) is 64.5 Å². The first-order valence-corrected chi connectivity index (χ1v) is 7.09. The maximum absolute atomic E-state index is 11.5. The van der Waals surface area contributed by atoms with E-state index < -0.39 is 4.92 Å². The first-order valence-electron chi connectivity index (χ1n) is 7.09. The van der Waals surface area contributed by atoms with Crippen molar-refractivity contribution in [1.29, 1.82) is 0 Å². The average Bonchev–Trinajstić information content (AvgIpc) is 3.08. The Morgan fingerprint density at radius 3 is 2.71 bits per heavy atom. The Hall–Kier alpha value is -3.49. The molecule has 3 aromatic rings. The monoisotopic (exact) mass is 326 g/mol. The largest absolute Gasteiger partial charge is 0.467 e. The molecule has 0 aromatic carbocycles. The van der Waals surface area contributed by atoms with Crippen LogP contribution < -0.4 is 10.6 Å². The number of pyridine rings is 1. The number of anilines is 3. The molecule has 3 heterocycles. The van der Waals surface area contributed by atoms with Gasteiger partial charge in [0.15, 0.2) is 0 Å². The minimum Gasteiger partial charge on any atom is -0.467 e. The Balaban J connectivity index is 1.90. The molecule has 9 nitrogen and oxygen atoms in total. The third kappa shape index (κ3) is 3.29. The van der Waals surface area contributed by atoms with E-state index in [0.29, 0.717) is 11.6 Å². The summed E-state index contributed by atoms with van der Waals surface area (Å²) >= 11 is 0. The Kier molecular flexibility index (Phi) is 4.32. The van der Waals surface area contributed by atoms with Gasteiger partial charge in [0.2, 0.25) is 11.6 Å². The molecular weight excluding hydrogens is 312 g/mol. The molecule has 0 radical (unpaired) electrons. The lowest BCUT2D eigenvalue weighted by atomic mass is 10.3. The smallest absolute Gasteiger partial charge is 0.353 e. The molecule has 0 unspecified atom stereocenters. The van der Waals surface area contributed by atoms with Gasteiger partial charge in [0.05, 0.1) is 17.7 Å². The van der Waals surface area contributed by atoms with Gasteiger partial charge in [0.1, 0.15) is 17.9 Å². The van der Waals surface area contributed by atoms with Crippen LogP contribution in [0, 0.1) is 17.0 Å². The van der Waals surface area contributed by atoms with Gasteiger partial charge in [-0.2, -0.15) is 0 Å². The fourth-order valence-corrected chi connectivity index (χ4v) is 2.09. The highest BCUT2D eigenvalue weighted by Crippen LogP contribution is 2.31. The van der Waals surface area contributed by atoms with Gasteiger partial charge in [-0.25, -0.2) is 15.0 Å². The van der Waals surface area contributed by atoms with Crippen LogP contribution in [0.25, 0.3) is 0 Å². The molecule has 0 atom stereocenters. The van der Waals surface area contributed by atoms with Crippen LogP contribution in [0.1, 0.15) is 11.3 Å². The van der Waals surface area contributed by atoms with Crippen LogP contribution in [0.4, 0.5) is 23.1 Å². The molecule has 9 heteroatoms. The number of hydrogen-bond donors (Lipinski definition) is 2. The molecule has 24 heavy (non-hydrogen) atoms. The van der Waals surface area contributed by atoms with Crippen molar-refractivity contribution in [3.63, 3.8) is 0 Å². The van der Waals surface area contributed by atoms with E-state index in [-0.39, 0.29) is 23.9 Å². The van der Waals surface area contributed by atoms with Crippen LogP contribution in [0.15, 0.2) is 47.5 Å². The molecule has 3 aromatic heterocycles. The summed E-state index contributed by atoms with van der Waals surface area (Å²) in [6.07, 6.45) is 4.37. The zero-order valence-corrected chi connectivity index (χ0v) is 12.8. The number of nitro groups is 1. The predicted molar refractivity (Wildman–Crippen MR) is 87.0 cm³/mol. The van der Waals surface area contributed by atoms with Gasteiger partial charge in [-0.1, -0.05) is 6.07 Å². The SMILES string of the molecule is Cc1cccnc1Nc1ncnc(NCc2ccco2)c1[N+](=O)[O-]. The minimum absolute atomic E-state index is 0.0683. The number of nitrogens with one attached hydrogen (secondary N) is 2. The van der Waals surface area contributed by atoms with Crippen molar-refractivity contribution in [2.45, 2.75) is 13.5 Å². The summed E-state index contributed by atoms with van der Waals surface area (Å²) in [6, 6.07) is 7.13. The predicted octanol–water partition coefficient (Wildman–Crippen LogP) is 3.04. The second-order valence-corrected chi connectivity index (χ2v) is 4.90. The maximum Gasteiger partial charge on any atom is 0.353 e. The van der Waals surface area contributed by atoms with Gasteiger partial charge in [-0.3, -0.25) is 10.1 Å². The quantitative estimate of drug-likeness (QED) is 0.524. The number of furan rings is 1. The zero-order valence-electron chi connectivity index (χ0n) is 12.8. The molecular formula is C15H14N6O3. The van der Waals surface area contributed by atoms with Crippen molar-refractivity contribution in [3.8, 4) is 0 Å². The molecule has 0 bridgehead atoms. The number of hydrogen-bond acceptors (Lipinski definition) is 8. The Labute approximate surface area is 136 Å². The van der Waals surface area contributed by atoms with Gasteiger partial charge >= 0.3 is 5.69 Å². The number of rotatable bonds is 6. The topological polar surface area (TPSA) is 119 Å². The Morgan fingerprint density at radius 1 is 1.17 bits per heavy atom. The highest BCUT2D eigenvalue weighted by molar-refractivity contribution is 5.73. The molecule has 0 spiro atoms. The summed E-state index contributed by atoms with van der Waals surface area (Å²) in [7, 11) is 0. The second-order valence-electron chi connectivity index (χ2n) is 4.90. The third-order valence-corrected chi connectivity index (χ3v) is 3.26. The fraction of sp³-hybridized carbons (Fsp3) is 0.133. The zero-order chi connectivity index (χ0) is 16.9. The van der Waals surface area contributed by atoms with E-state index >= 15 is 0 Å². The van der Waals surface area contributed by atoms with Gasteiger partial charge in [-0.05, 0) is 30.7 Å². The van der Waals surface area contributed by atoms with Gasteiger partial charge in [0.25, 0.3) is 0 Å². The van der Waals surface area contributed by atoms with Crippen LogP contribution in [0.5, 0.6) is 0 Å². The molecule has 122 valence electrons. The van der Waals surface area contributed by atoms with Gasteiger partial charge in [0, 0.05) is 6.20 Å². The molecule has 3 rings (SSSR count). The van der Waals surface area contributed by atoms with E-state index in [9.17, 15) is 10.1 Å². The Morgan fingerprint density at radius 2 is 2.00 bits per heavy atom. The summed E-state index contributed by atoms with van der Waals surface area (Å²) in [5.41, 5.74) is 0.588. The molecule has 0 fully saturated rings. The van der Waals surface area contributed by atoms with Crippen LogP contribution >= 0.6 is 0 Å².